The summed E-state index contributed by atoms with van der Waals surface area (Å²) >= 11 is 1.23. The molecule has 18 heavy (non-hydrogen) atoms. The topological polar surface area (TPSA) is 86.8 Å². The van der Waals surface area contributed by atoms with Gasteiger partial charge < -0.3 is 15.3 Å². The van der Waals surface area contributed by atoms with Gasteiger partial charge in [0.15, 0.2) is 5.13 Å². The second-order valence-electron chi connectivity index (χ2n) is 3.54. The van der Waals surface area contributed by atoms with E-state index in [9.17, 15) is 4.79 Å². The number of anilines is 1. The van der Waals surface area contributed by atoms with Crippen molar-refractivity contribution in [3.05, 3.63) is 11.1 Å². The number of nitrogen functional groups attached to an aromatic ring is 1. The molecule has 6 nitrogen and oxygen atoms in total. The second-order valence-corrected chi connectivity index (χ2v) is 4.43. The summed E-state index contributed by atoms with van der Waals surface area (Å²) in [5.74, 6) is -0.543. The summed E-state index contributed by atoms with van der Waals surface area (Å²) < 4.78 is 5.10. The normalized spacial score (nSPS) is 11.3. The minimum absolute atomic E-state index is 0.0435. The lowest BCUT2D eigenvalue weighted by Gasteiger charge is -2.04. The van der Waals surface area contributed by atoms with Crippen molar-refractivity contribution in [2.45, 2.75) is 26.2 Å². The zero-order valence-electron chi connectivity index (χ0n) is 10.5. The predicted octanol–water partition coefficient (Wildman–Crippen LogP) is 1.81. The van der Waals surface area contributed by atoms with E-state index < -0.39 is 5.97 Å². The molecule has 100 valence electrons. The van der Waals surface area contributed by atoms with Crippen LogP contribution >= 0.6 is 11.3 Å². The number of aromatic nitrogens is 1. The smallest absolute Gasteiger partial charge is 0.362 e. The molecule has 1 heterocycles. The van der Waals surface area contributed by atoms with Crippen LogP contribution in [0.4, 0.5) is 5.13 Å². The van der Waals surface area contributed by atoms with Gasteiger partial charge in [-0.05, 0) is 6.42 Å². The van der Waals surface area contributed by atoms with Crippen molar-refractivity contribution in [2.24, 2.45) is 5.16 Å². The fraction of sp³-hybridized carbons (Fsp3) is 0.545. The van der Waals surface area contributed by atoms with Crippen molar-refractivity contribution in [1.82, 2.24) is 4.98 Å². The Bertz CT molecular complexity index is 417. The molecular formula is C11H17N3O3S. The Labute approximate surface area is 110 Å². The van der Waals surface area contributed by atoms with Gasteiger partial charge in [-0.3, -0.25) is 0 Å². The third-order valence-electron chi connectivity index (χ3n) is 2.12. The zero-order chi connectivity index (χ0) is 13.4. The summed E-state index contributed by atoms with van der Waals surface area (Å²) in [5.41, 5.74) is 5.93. The molecule has 1 aromatic heterocycles. The highest BCUT2D eigenvalue weighted by molar-refractivity contribution is 7.13. The van der Waals surface area contributed by atoms with Crippen molar-refractivity contribution in [3.8, 4) is 0 Å². The molecule has 0 bridgehead atoms. The number of esters is 1. The lowest BCUT2D eigenvalue weighted by Crippen LogP contribution is -2.20. The molecule has 0 spiro atoms. The van der Waals surface area contributed by atoms with Gasteiger partial charge in [0.2, 0.25) is 5.71 Å². The first kappa shape index (κ1) is 14.4. The van der Waals surface area contributed by atoms with Crippen LogP contribution in [-0.4, -0.2) is 30.4 Å². The number of carbonyl (C=O) groups excluding carboxylic acids is 1. The first-order valence-corrected chi connectivity index (χ1v) is 6.56. The lowest BCUT2D eigenvalue weighted by molar-refractivity contribution is -0.135. The molecule has 0 aliphatic heterocycles. The third-order valence-corrected chi connectivity index (χ3v) is 2.80. The molecule has 7 heteroatoms. The Balaban J connectivity index is 2.62. The van der Waals surface area contributed by atoms with Crippen molar-refractivity contribution in [2.75, 3.05) is 19.5 Å². The predicted molar refractivity (Wildman–Crippen MR) is 70.6 cm³/mol. The van der Waals surface area contributed by atoms with E-state index in [0.717, 1.165) is 19.3 Å². The van der Waals surface area contributed by atoms with Crippen LogP contribution in [0.3, 0.4) is 0 Å². The number of oxime groups is 1. The maximum Gasteiger partial charge on any atom is 0.362 e. The van der Waals surface area contributed by atoms with Crippen LogP contribution < -0.4 is 5.73 Å². The Morgan fingerprint density at radius 2 is 2.33 bits per heavy atom. The van der Waals surface area contributed by atoms with Gasteiger partial charge in [-0.1, -0.05) is 24.9 Å². The molecular weight excluding hydrogens is 254 g/mol. The van der Waals surface area contributed by atoms with Gasteiger partial charge in [0, 0.05) is 5.38 Å². The van der Waals surface area contributed by atoms with Gasteiger partial charge in [-0.2, -0.15) is 0 Å². The Morgan fingerprint density at radius 1 is 1.56 bits per heavy atom. The van der Waals surface area contributed by atoms with Crippen molar-refractivity contribution in [3.63, 3.8) is 0 Å². The van der Waals surface area contributed by atoms with Gasteiger partial charge in [-0.15, -0.1) is 11.3 Å². The number of nitrogens with two attached hydrogens (primary N) is 1. The van der Waals surface area contributed by atoms with Crippen LogP contribution in [-0.2, 0) is 14.4 Å². The minimum atomic E-state index is -0.543. The Morgan fingerprint density at radius 3 is 2.89 bits per heavy atom. The van der Waals surface area contributed by atoms with E-state index in [1.807, 2.05) is 0 Å². The zero-order valence-corrected chi connectivity index (χ0v) is 11.3. The molecule has 0 atom stereocenters. The molecule has 0 unspecified atom stereocenters. The van der Waals surface area contributed by atoms with Crippen molar-refractivity contribution < 1.29 is 14.4 Å². The molecule has 0 aliphatic rings. The maximum absolute atomic E-state index is 11.8. The fourth-order valence-corrected chi connectivity index (χ4v) is 1.81. The molecule has 0 aromatic carbocycles. The largest absolute Gasteiger partial charge is 0.461 e. The number of hydrogen-bond acceptors (Lipinski definition) is 7. The monoisotopic (exact) mass is 271 g/mol. The number of rotatable bonds is 7. The van der Waals surface area contributed by atoms with Crippen molar-refractivity contribution in [1.29, 1.82) is 0 Å². The van der Waals surface area contributed by atoms with E-state index in [0.29, 0.717) is 17.4 Å². The van der Waals surface area contributed by atoms with Crippen LogP contribution in [0.5, 0.6) is 0 Å². The van der Waals surface area contributed by atoms with Gasteiger partial charge >= 0.3 is 5.97 Å². The number of unbranched alkanes of at least 4 members (excludes halogenated alkanes) is 2. The number of thiazole rings is 1. The molecule has 0 saturated heterocycles. The summed E-state index contributed by atoms with van der Waals surface area (Å²) in [5, 5.41) is 5.64. The molecule has 0 saturated carbocycles. The lowest BCUT2D eigenvalue weighted by atomic mass is 10.2. The molecule has 0 amide bonds. The van der Waals surface area contributed by atoms with Gasteiger partial charge in [-0.25, -0.2) is 9.78 Å². The summed E-state index contributed by atoms with van der Waals surface area (Å²) in [7, 11) is 1.36. The highest BCUT2D eigenvalue weighted by Crippen LogP contribution is 2.13. The van der Waals surface area contributed by atoms with E-state index in [2.05, 4.69) is 21.9 Å². The molecule has 2 N–H and O–H groups in total. The summed E-state index contributed by atoms with van der Waals surface area (Å²) in [6, 6.07) is 0. The number of nitrogens with zero attached hydrogens (tertiary/aromatic N) is 2. The standard InChI is InChI=1S/C11H17N3O3S/c1-3-4-5-6-17-10(15)9(14-16-2)8-7-18-11(12)13-8/h7H,3-6H2,1-2H3,(H2,12,13). The maximum atomic E-state index is 11.8. The van der Waals surface area contributed by atoms with Crippen LogP contribution in [0.2, 0.25) is 0 Å². The Hall–Kier alpha value is -1.63. The minimum Gasteiger partial charge on any atom is -0.461 e. The van der Waals surface area contributed by atoms with Gasteiger partial charge in [0.05, 0.1) is 6.61 Å². The number of ether oxygens (including phenoxy) is 1. The second kappa shape index (κ2) is 7.65. The van der Waals surface area contributed by atoms with E-state index in [1.165, 1.54) is 18.4 Å². The van der Waals surface area contributed by atoms with E-state index in [4.69, 9.17) is 10.5 Å². The molecule has 1 aromatic rings. The summed E-state index contributed by atoms with van der Waals surface area (Å²) in [4.78, 5) is 20.4. The van der Waals surface area contributed by atoms with Crippen LogP contribution in [0.1, 0.15) is 31.9 Å². The van der Waals surface area contributed by atoms with Gasteiger partial charge in [0.25, 0.3) is 0 Å². The quantitative estimate of drug-likeness (QED) is 0.354. The van der Waals surface area contributed by atoms with Crippen molar-refractivity contribution >= 4 is 28.1 Å². The van der Waals surface area contributed by atoms with Crippen LogP contribution in [0.15, 0.2) is 10.5 Å². The third kappa shape index (κ3) is 4.33. The summed E-state index contributed by atoms with van der Waals surface area (Å²) in [6.07, 6.45) is 2.93. The van der Waals surface area contributed by atoms with E-state index in [-0.39, 0.29) is 5.71 Å². The fourth-order valence-electron chi connectivity index (χ4n) is 1.26. The average Bonchev–Trinajstić information content (AvgIpc) is 2.78. The van der Waals surface area contributed by atoms with E-state index >= 15 is 0 Å². The van der Waals surface area contributed by atoms with Crippen LogP contribution in [0.25, 0.3) is 0 Å². The number of carbonyl (C=O) groups is 1. The molecule has 1 rings (SSSR count). The van der Waals surface area contributed by atoms with E-state index in [1.54, 1.807) is 5.38 Å². The first-order chi connectivity index (χ1) is 8.69. The number of hydrogen-bond donors (Lipinski definition) is 1. The highest BCUT2D eigenvalue weighted by atomic mass is 32.1. The molecule has 0 radical (unpaired) electrons. The average molecular weight is 271 g/mol. The molecule has 0 aliphatic carbocycles. The first-order valence-electron chi connectivity index (χ1n) is 5.68. The van der Waals surface area contributed by atoms with Gasteiger partial charge in [0.1, 0.15) is 12.8 Å². The van der Waals surface area contributed by atoms with Crippen LogP contribution in [0, 0.1) is 0 Å². The SMILES string of the molecule is CCCCCOC(=O)C(=NOC)c1csc(N)n1. The highest BCUT2D eigenvalue weighted by Gasteiger charge is 2.19. The summed E-state index contributed by atoms with van der Waals surface area (Å²) in [6.45, 7) is 2.45. The molecule has 0 fully saturated rings. The Kier molecular flexibility index (Phi) is 6.13.